The fraction of sp³-hybridized carbons (Fsp3) is 0.231. The Morgan fingerprint density at radius 3 is 2.83 bits per heavy atom. The molecule has 2 aromatic rings. The Morgan fingerprint density at radius 2 is 2.22 bits per heavy atom. The van der Waals surface area contributed by atoms with Gasteiger partial charge >= 0.3 is 0 Å². The molecular weight excluding hydrogens is 230 g/mol. The first-order valence-corrected chi connectivity index (χ1v) is 5.56. The van der Waals surface area contributed by atoms with Gasteiger partial charge in [-0.05, 0) is 5.56 Å². The number of aromatic nitrogens is 2. The summed E-state index contributed by atoms with van der Waals surface area (Å²) in [6.07, 6.45) is 3.53. The zero-order valence-electron chi connectivity index (χ0n) is 10.4. The van der Waals surface area contributed by atoms with Gasteiger partial charge in [-0.3, -0.25) is 0 Å². The molecule has 2 rings (SSSR count). The third-order valence-electron chi connectivity index (χ3n) is 2.66. The van der Waals surface area contributed by atoms with Crippen LogP contribution in [0.15, 0.2) is 41.8 Å². The van der Waals surface area contributed by atoms with Crippen molar-refractivity contribution in [2.45, 2.75) is 6.61 Å². The smallest absolute Gasteiger partial charge is 0.162 e. The van der Waals surface area contributed by atoms with Crippen molar-refractivity contribution < 1.29 is 9.94 Å². The lowest BCUT2D eigenvalue weighted by Crippen LogP contribution is -2.13. The molecule has 94 valence electrons. The SMILES string of the molecule is CON=C(c1ccccc1CO)c1nccn1C. The van der Waals surface area contributed by atoms with Crippen LogP contribution < -0.4 is 0 Å². The van der Waals surface area contributed by atoms with Gasteiger partial charge in [0.25, 0.3) is 0 Å². The van der Waals surface area contributed by atoms with Crippen LogP contribution in [0.4, 0.5) is 0 Å². The van der Waals surface area contributed by atoms with Crippen molar-refractivity contribution in [2.24, 2.45) is 12.2 Å². The molecule has 0 amide bonds. The highest BCUT2D eigenvalue weighted by Gasteiger charge is 2.15. The molecule has 0 atom stereocenters. The third-order valence-corrected chi connectivity index (χ3v) is 2.66. The van der Waals surface area contributed by atoms with Gasteiger partial charge in [-0.15, -0.1) is 0 Å². The molecule has 1 heterocycles. The Morgan fingerprint density at radius 1 is 1.44 bits per heavy atom. The molecule has 1 aromatic carbocycles. The summed E-state index contributed by atoms with van der Waals surface area (Å²) in [5.41, 5.74) is 2.21. The molecule has 5 heteroatoms. The first-order chi connectivity index (χ1) is 8.77. The van der Waals surface area contributed by atoms with Crippen LogP contribution in [0.1, 0.15) is 17.0 Å². The predicted molar refractivity (Wildman–Crippen MR) is 68.2 cm³/mol. The van der Waals surface area contributed by atoms with Crippen LogP contribution in [0, 0.1) is 0 Å². The zero-order valence-corrected chi connectivity index (χ0v) is 10.4. The van der Waals surface area contributed by atoms with Crippen molar-refractivity contribution in [2.75, 3.05) is 7.11 Å². The van der Waals surface area contributed by atoms with E-state index in [-0.39, 0.29) is 6.61 Å². The number of hydrogen-bond donors (Lipinski definition) is 1. The highest BCUT2D eigenvalue weighted by atomic mass is 16.6. The largest absolute Gasteiger partial charge is 0.399 e. The second-order valence-electron chi connectivity index (χ2n) is 3.80. The van der Waals surface area contributed by atoms with Crippen molar-refractivity contribution in [3.8, 4) is 0 Å². The van der Waals surface area contributed by atoms with E-state index in [4.69, 9.17) is 4.84 Å². The molecule has 0 aliphatic heterocycles. The van der Waals surface area contributed by atoms with Crippen molar-refractivity contribution in [1.29, 1.82) is 0 Å². The average molecular weight is 245 g/mol. The number of aryl methyl sites for hydroxylation is 1. The van der Waals surface area contributed by atoms with E-state index < -0.39 is 0 Å². The molecule has 0 unspecified atom stereocenters. The molecule has 18 heavy (non-hydrogen) atoms. The lowest BCUT2D eigenvalue weighted by Gasteiger charge is -2.09. The molecule has 1 N–H and O–H groups in total. The summed E-state index contributed by atoms with van der Waals surface area (Å²) in [7, 11) is 3.37. The minimum atomic E-state index is -0.0523. The summed E-state index contributed by atoms with van der Waals surface area (Å²) in [6, 6.07) is 7.50. The monoisotopic (exact) mass is 245 g/mol. The second kappa shape index (κ2) is 5.46. The van der Waals surface area contributed by atoms with E-state index in [1.165, 1.54) is 7.11 Å². The van der Waals surface area contributed by atoms with E-state index in [0.29, 0.717) is 11.5 Å². The number of aliphatic hydroxyl groups excluding tert-OH is 1. The van der Waals surface area contributed by atoms with Gasteiger partial charge < -0.3 is 14.5 Å². The number of aliphatic hydroxyl groups is 1. The number of imidazole rings is 1. The summed E-state index contributed by atoms with van der Waals surface area (Å²) in [5.74, 6) is 0.692. The minimum absolute atomic E-state index is 0.0523. The molecule has 0 fully saturated rings. The van der Waals surface area contributed by atoms with Gasteiger partial charge in [0, 0.05) is 25.0 Å². The van der Waals surface area contributed by atoms with Gasteiger partial charge in [0.1, 0.15) is 7.11 Å². The highest BCUT2D eigenvalue weighted by molar-refractivity contribution is 6.11. The Labute approximate surface area is 105 Å². The molecule has 0 bridgehead atoms. The molecule has 0 aliphatic carbocycles. The molecule has 0 aliphatic rings. The first kappa shape index (κ1) is 12.3. The standard InChI is InChI=1S/C13H15N3O2/c1-16-8-7-14-13(16)12(15-18-2)11-6-4-3-5-10(11)9-17/h3-8,17H,9H2,1-2H3. The fourth-order valence-electron chi connectivity index (χ4n) is 1.78. The number of oxime groups is 1. The van der Waals surface area contributed by atoms with Crippen LogP contribution in [0.3, 0.4) is 0 Å². The van der Waals surface area contributed by atoms with Gasteiger partial charge in [-0.1, -0.05) is 29.4 Å². The average Bonchev–Trinajstić information content (AvgIpc) is 2.82. The normalized spacial score (nSPS) is 11.6. The predicted octanol–water partition coefficient (Wildman–Crippen LogP) is 1.31. The summed E-state index contributed by atoms with van der Waals surface area (Å²) in [6.45, 7) is -0.0523. The molecule has 5 nitrogen and oxygen atoms in total. The van der Waals surface area contributed by atoms with E-state index in [1.54, 1.807) is 6.20 Å². The minimum Gasteiger partial charge on any atom is -0.399 e. The third kappa shape index (κ3) is 2.26. The lowest BCUT2D eigenvalue weighted by atomic mass is 10.0. The number of hydrogen-bond acceptors (Lipinski definition) is 4. The molecule has 0 saturated carbocycles. The van der Waals surface area contributed by atoms with Gasteiger partial charge in [0.15, 0.2) is 11.5 Å². The first-order valence-electron chi connectivity index (χ1n) is 5.56. The Bertz CT molecular complexity index is 561. The van der Waals surface area contributed by atoms with Gasteiger partial charge in [0.05, 0.1) is 6.61 Å². The number of nitrogens with zero attached hydrogens (tertiary/aromatic N) is 3. The van der Waals surface area contributed by atoms with Crippen LogP contribution in [0.5, 0.6) is 0 Å². The summed E-state index contributed by atoms with van der Waals surface area (Å²) in [4.78, 5) is 9.15. The lowest BCUT2D eigenvalue weighted by molar-refractivity contribution is 0.213. The van der Waals surface area contributed by atoms with Crippen LogP contribution in [0.2, 0.25) is 0 Å². The van der Waals surface area contributed by atoms with E-state index in [1.807, 2.05) is 42.1 Å². The van der Waals surface area contributed by atoms with Crippen molar-refractivity contribution in [1.82, 2.24) is 9.55 Å². The Balaban J connectivity index is 2.56. The van der Waals surface area contributed by atoms with Gasteiger partial charge in [0.2, 0.25) is 0 Å². The topological polar surface area (TPSA) is 59.6 Å². The van der Waals surface area contributed by atoms with Gasteiger partial charge in [-0.2, -0.15) is 0 Å². The van der Waals surface area contributed by atoms with Crippen LogP contribution in [-0.2, 0) is 18.5 Å². The van der Waals surface area contributed by atoms with Crippen molar-refractivity contribution in [3.63, 3.8) is 0 Å². The van der Waals surface area contributed by atoms with Crippen molar-refractivity contribution >= 4 is 5.71 Å². The highest BCUT2D eigenvalue weighted by Crippen LogP contribution is 2.14. The quantitative estimate of drug-likeness (QED) is 0.652. The molecular formula is C13H15N3O2. The van der Waals surface area contributed by atoms with Gasteiger partial charge in [-0.25, -0.2) is 4.98 Å². The van der Waals surface area contributed by atoms with E-state index in [0.717, 1.165) is 11.1 Å². The maximum absolute atomic E-state index is 9.38. The second-order valence-corrected chi connectivity index (χ2v) is 3.80. The summed E-state index contributed by atoms with van der Waals surface area (Å²) >= 11 is 0. The molecule has 0 saturated heterocycles. The van der Waals surface area contributed by atoms with Crippen molar-refractivity contribution in [3.05, 3.63) is 53.6 Å². The summed E-state index contributed by atoms with van der Waals surface area (Å²) in [5, 5.41) is 13.4. The maximum Gasteiger partial charge on any atom is 0.162 e. The summed E-state index contributed by atoms with van der Waals surface area (Å²) < 4.78 is 1.85. The van der Waals surface area contributed by atoms with E-state index in [2.05, 4.69) is 10.1 Å². The molecule has 1 aromatic heterocycles. The van der Waals surface area contributed by atoms with Crippen LogP contribution >= 0.6 is 0 Å². The van der Waals surface area contributed by atoms with E-state index >= 15 is 0 Å². The Kier molecular flexibility index (Phi) is 3.74. The van der Waals surface area contributed by atoms with E-state index in [9.17, 15) is 5.11 Å². The fourth-order valence-corrected chi connectivity index (χ4v) is 1.78. The number of benzene rings is 1. The zero-order chi connectivity index (χ0) is 13.0. The maximum atomic E-state index is 9.38. The number of rotatable bonds is 4. The molecule has 0 radical (unpaired) electrons. The van der Waals surface area contributed by atoms with Crippen LogP contribution in [-0.4, -0.2) is 27.5 Å². The molecule has 0 spiro atoms. The Hall–Kier alpha value is -2.14. The van der Waals surface area contributed by atoms with Crippen LogP contribution in [0.25, 0.3) is 0 Å².